The van der Waals surface area contributed by atoms with Gasteiger partial charge in [0.25, 0.3) is 5.92 Å². The third-order valence-electron chi connectivity index (χ3n) is 3.20. The van der Waals surface area contributed by atoms with Crippen LogP contribution in [0.2, 0.25) is 0 Å². The molecule has 1 rings (SSSR count). The van der Waals surface area contributed by atoms with Crippen molar-refractivity contribution >= 4 is 27.7 Å². The molecule has 1 aliphatic rings. The standard InChI is InChI=1S/C14H25ClF2N2O4S/c1-13(2,3)23-12(20)19-9-11(8-14(16,17)10-19)18-24(21,22)7-5-4-6-15/h11,18H,4-10H2,1-3H3/t11-/m1/s1. The predicted molar refractivity (Wildman–Crippen MR) is 88.0 cm³/mol. The van der Waals surface area contributed by atoms with E-state index >= 15 is 0 Å². The van der Waals surface area contributed by atoms with E-state index in [2.05, 4.69) is 4.72 Å². The highest BCUT2D eigenvalue weighted by molar-refractivity contribution is 7.89. The number of halogens is 3. The maximum absolute atomic E-state index is 13.9. The molecular weight excluding hydrogens is 366 g/mol. The first-order valence-electron chi connectivity index (χ1n) is 7.75. The number of carbonyl (C=O) groups excluding carboxylic acids is 1. The van der Waals surface area contributed by atoms with Crippen molar-refractivity contribution in [1.82, 2.24) is 9.62 Å². The Balaban J connectivity index is 2.73. The van der Waals surface area contributed by atoms with Gasteiger partial charge >= 0.3 is 6.09 Å². The maximum Gasteiger partial charge on any atom is 0.410 e. The van der Waals surface area contributed by atoms with Gasteiger partial charge in [0.05, 0.1) is 12.3 Å². The Morgan fingerprint density at radius 3 is 2.54 bits per heavy atom. The van der Waals surface area contributed by atoms with Gasteiger partial charge in [0.2, 0.25) is 10.0 Å². The third kappa shape index (κ3) is 7.94. The molecule has 1 fully saturated rings. The maximum atomic E-state index is 13.9. The molecule has 0 bridgehead atoms. The van der Waals surface area contributed by atoms with Gasteiger partial charge in [-0.1, -0.05) is 0 Å². The second-order valence-corrected chi connectivity index (χ2v) is 9.20. The molecular formula is C14H25ClF2N2O4S. The smallest absolute Gasteiger partial charge is 0.410 e. The second kappa shape index (κ2) is 8.14. The molecule has 142 valence electrons. The molecule has 1 atom stereocenters. The van der Waals surface area contributed by atoms with Crippen LogP contribution >= 0.6 is 11.6 Å². The molecule has 0 aliphatic carbocycles. The summed E-state index contributed by atoms with van der Waals surface area (Å²) < 4.78 is 59.0. The van der Waals surface area contributed by atoms with Crippen LogP contribution in [0.4, 0.5) is 13.6 Å². The summed E-state index contributed by atoms with van der Waals surface area (Å²) in [6, 6.07) is -1.05. The van der Waals surface area contributed by atoms with Crippen molar-refractivity contribution in [2.45, 2.75) is 57.6 Å². The number of rotatable bonds is 6. The zero-order valence-electron chi connectivity index (χ0n) is 14.1. The van der Waals surface area contributed by atoms with E-state index in [0.717, 1.165) is 4.90 Å². The fourth-order valence-electron chi connectivity index (χ4n) is 2.34. The Hall–Kier alpha value is -0.670. The predicted octanol–water partition coefficient (Wildman–Crippen LogP) is 2.57. The Labute approximate surface area is 146 Å². The van der Waals surface area contributed by atoms with E-state index in [1.165, 1.54) is 0 Å². The van der Waals surface area contributed by atoms with Crippen LogP contribution in [-0.4, -0.2) is 61.7 Å². The van der Waals surface area contributed by atoms with Crippen LogP contribution in [0.1, 0.15) is 40.0 Å². The summed E-state index contributed by atoms with van der Waals surface area (Å²) in [7, 11) is -3.71. The molecule has 0 radical (unpaired) electrons. The number of hydrogen-bond donors (Lipinski definition) is 1. The summed E-state index contributed by atoms with van der Waals surface area (Å²) in [5.74, 6) is -3.03. The highest BCUT2D eigenvalue weighted by Gasteiger charge is 2.44. The van der Waals surface area contributed by atoms with Crippen molar-refractivity contribution in [3.8, 4) is 0 Å². The van der Waals surface area contributed by atoms with E-state index in [1.54, 1.807) is 20.8 Å². The van der Waals surface area contributed by atoms with E-state index < -0.39 is 46.6 Å². The quantitative estimate of drug-likeness (QED) is 0.558. The fourth-order valence-corrected chi connectivity index (χ4v) is 3.90. The van der Waals surface area contributed by atoms with Crippen molar-refractivity contribution in [3.05, 3.63) is 0 Å². The molecule has 24 heavy (non-hydrogen) atoms. The van der Waals surface area contributed by atoms with Gasteiger partial charge in [-0.2, -0.15) is 0 Å². The minimum atomic E-state index is -3.71. The van der Waals surface area contributed by atoms with Gasteiger partial charge < -0.3 is 9.64 Å². The second-order valence-electron chi connectivity index (χ2n) is 6.95. The average molecular weight is 391 g/mol. The van der Waals surface area contributed by atoms with Gasteiger partial charge in [0.1, 0.15) is 5.60 Å². The van der Waals surface area contributed by atoms with Crippen LogP contribution in [0.5, 0.6) is 0 Å². The SMILES string of the molecule is CC(C)(C)OC(=O)N1C[C@H](NS(=O)(=O)CCCCCl)CC(F)(F)C1. The Morgan fingerprint density at radius 2 is 2.00 bits per heavy atom. The number of sulfonamides is 1. The summed E-state index contributed by atoms with van der Waals surface area (Å²) >= 11 is 5.49. The normalized spacial score (nSPS) is 21.6. The molecule has 1 N–H and O–H groups in total. The summed E-state index contributed by atoms with van der Waals surface area (Å²) in [5, 5.41) is 0. The molecule has 0 unspecified atom stereocenters. The first-order valence-corrected chi connectivity index (χ1v) is 9.94. The monoisotopic (exact) mass is 390 g/mol. The van der Waals surface area contributed by atoms with Crippen LogP contribution in [0, 0.1) is 0 Å². The van der Waals surface area contributed by atoms with Crippen molar-refractivity contribution in [2.24, 2.45) is 0 Å². The first kappa shape index (κ1) is 21.4. The summed E-state index contributed by atoms with van der Waals surface area (Å²) in [6.45, 7) is 3.95. The number of carbonyl (C=O) groups is 1. The molecule has 1 aliphatic heterocycles. The number of likely N-dealkylation sites (tertiary alicyclic amines) is 1. The Bertz CT molecular complexity index is 537. The zero-order chi connectivity index (χ0) is 18.6. The minimum Gasteiger partial charge on any atom is -0.444 e. The van der Waals surface area contributed by atoms with Gasteiger partial charge in [0, 0.05) is 24.9 Å². The number of alkyl halides is 3. The van der Waals surface area contributed by atoms with E-state index in [9.17, 15) is 22.0 Å². The molecule has 0 saturated carbocycles. The molecule has 0 spiro atoms. The van der Waals surface area contributed by atoms with E-state index in [-0.39, 0.29) is 12.3 Å². The van der Waals surface area contributed by atoms with Gasteiger partial charge in [-0.25, -0.2) is 26.7 Å². The van der Waals surface area contributed by atoms with Crippen LogP contribution in [-0.2, 0) is 14.8 Å². The lowest BCUT2D eigenvalue weighted by atomic mass is 10.0. The van der Waals surface area contributed by atoms with Gasteiger partial charge in [0.15, 0.2) is 0 Å². The first-order chi connectivity index (χ1) is 10.8. The van der Waals surface area contributed by atoms with Crippen LogP contribution in [0.25, 0.3) is 0 Å². The lowest BCUT2D eigenvalue weighted by Crippen LogP contribution is -2.57. The lowest BCUT2D eigenvalue weighted by Gasteiger charge is -2.38. The largest absolute Gasteiger partial charge is 0.444 e. The highest BCUT2D eigenvalue weighted by atomic mass is 35.5. The number of nitrogens with zero attached hydrogens (tertiary/aromatic N) is 1. The van der Waals surface area contributed by atoms with Gasteiger partial charge in [-0.3, -0.25) is 0 Å². The molecule has 6 nitrogen and oxygen atoms in total. The summed E-state index contributed by atoms with van der Waals surface area (Å²) in [4.78, 5) is 12.8. The average Bonchev–Trinajstić information content (AvgIpc) is 2.34. The molecule has 0 aromatic heterocycles. The minimum absolute atomic E-state index is 0.154. The number of piperidine rings is 1. The van der Waals surface area contributed by atoms with E-state index in [0.29, 0.717) is 18.7 Å². The van der Waals surface area contributed by atoms with Crippen molar-refractivity contribution < 1.29 is 26.7 Å². The number of ether oxygens (including phenoxy) is 1. The van der Waals surface area contributed by atoms with E-state index in [4.69, 9.17) is 16.3 Å². The molecule has 1 amide bonds. The number of amides is 1. The number of nitrogens with one attached hydrogen (secondary N) is 1. The topological polar surface area (TPSA) is 75.7 Å². The molecule has 0 aromatic carbocycles. The summed E-state index contributed by atoms with van der Waals surface area (Å²) in [6.07, 6.45) is -0.667. The molecule has 1 heterocycles. The highest BCUT2D eigenvalue weighted by Crippen LogP contribution is 2.28. The third-order valence-corrected chi connectivity index (χ3v) is 4.99. The Morgan fingerprint density at radius 1 is 1.38 bits per heavy atom. The zero-order valence-corrected chi connectivity index (χ0v) is 15.7. The Kier molecular flexibility index (Phi) is 7.25. The van der Waals surface area contributed by atoms with E-state index in [1.807, 2.05) is 0 Å². The fraction of sp³-hybridized carbons (Fsp3) is 0.929. The van der Waals surface area contributed by atoms with Crippen LogP contribution in [0.15, 0.2) is 0 Å². The van der Waals surface area contributed by atoms with Crippen molar-refractivity contribution in [1.29, 1.82) is 0 Å². The van der Waals surface area contributed by atoms with Crippen molar-refractivity contribution in [2.75, 3.05) is 24.7 Å². The van der Waals surface area contributed by atoms with Crippen molar-refractivity contribution in [3.63, 3.8) is 0 Å². The van der Waals surface area contributed by atoms with Crippen LogP contribution < -0.4 is 4.72 Å². The van der Waals surface area contributed by atoms with Gasteiger partial charge in [-0.15, -0.1) is 11.6 Å². The number of hydrogen-bond acceptors (Lipinski definition) is 4. The van der Waals surface area contributed by atoms with Crippen LogP contribution in [0.3, 0.4) is 0 Å². The summed E-state index contributed by atoms with van der Waals surface area (Å²) in [5.41, 5.74) is -0.819. The lowest BCUT2D eigenvalue weighted by molar-refractivity contribution is -0.0761. The molecule has 0 aromatic rings. The van der Waals surface area contributed by atoms with Gasteiger partial charge in [-0.05, 0) is 33.6 Å². The molecule has 10 heteroatoms. The number of unbranched alkanes of at least 4 members (excludes halogenated alkanes) is 1. The molecule has 1 saturated heterocycles.